The predicted molar refractivity (Wildman–Crippen MR) is 72.9 cm³/mol. The standard InChI is InChI=1S/C15H18N2O2/c1-3-19-15(18)14-5-4-8-17(14)13-7-6-11(2)9-12(13)10-16/h6-7,9,14H,3-5,8H2,1-2H3. The summed E-state index contributed by atoms with van der Waals surface area (Å²) in [6.07, 6.45) is 1.74. The molecule has 1 fully saturated rings. The first-order valence-corrected chi connectivity index (χ1v) is 6.61. The lowest BCUT2D eigenvalue weighted by Gasteiger charge is -2.26. The summed E-state index contributed by atoms with van der Waals surface area (Å²) in [6, 6.07) is 7.70. The van der Waals surface area contributed by atoms with Crippen LogP contribution in [-0.2, 0) is 9.53 Å². The first kappa shape index (κ1) is 13.4. The van der Waals surface area contributed by atoms with E-state index in [1.54, 1.807) is 0 Å². The highest BCUT2D eigenvalue weighted by molar-refractivity contribution is 5.81. The van der Waals surface area contributed by atoms with Gasteiger partial charge in [0.05, 0.1) is 17.9 Å². The Balaban J connectivity index is 2.30. The summed E-state index contributed by atoms with van der Waals surface area (Å²) < 4.78 is 5.11. The first-order valence-electron chi connectivity index (χ1n) is 6.61. The number of hydrogen-bond donors (Lipinski definition) is 0. The van der Waals surface area contributed by atoms with Crippen molar-refractivity contribution >= 4 is 11.7 Å². The maximum absolute atomic E-state index is 11.9. The third-order valence-corrected chi connectivity index (χ3v) is 3.39. The highest BCUT2D eigenvalue weighted by atomic mass is 16.5. The average Bonchev–Trinajstić information content (AvgIpc) is 2.88. The van der Waals surface area contributed by atoms with E-state index in [0.29, 0.717) is 12.2 Å². The summed E-state index contributed by atoms with van der Waals surface area (Å²) in [6.45, 7) is 4.95. The molecule has 4 nitrogen and oxygen atoms in total. The van der Waals surface area contributed by atoms with Crippen LogP contribution in [-0.4, -0.2) is 25.2 Å². The number of nitriles is 1. The third-order valence-electron chi connectivity index (χ3n) is 3.39. The Kier molecular flexibility index (Phi) is 4.06. The van der Waals surface area contributed by atoms with E-state index < -0.39 is 0 Å². The fraction of sp³-hybridized carbons (Fsp3) is 0.467. The topological polar surface area (TPSA) is 53.3 Å². The number of ether oxygens (including phenoxy) is 1. The van der Waals surface area contributed by atoms with Crippen LogP contribution >= 0.6 is 0 Å². The largest absolute Gasteiger partial charge is 0.464 e. The van der Waals surface area contributed by atoms with Crippen molar-refractivity contribution in [2.75, 3.05) is 18.1 Å². The molecule has 1 atom stereocenters. The Morgan fingerprint density at radius 3 is 3.05 bits per heavy atom. The molecule has 1 aliphatic rings. The van der Waals surface area contributed by atoms with E-state index in [9.17, 15) is 10.1 Å². The first-order chi connectivity index (χ1) is 9.17. The normalized spacial score (nSPS) is 18.2. The lowest BCUT2D eigenvalue weighted by molar-refractivity contribution is -0.144. The predicted octanol–water partition coefficient (Wildman–Crippen LogP) is 2.40. The second-order valence-electron chi connectivity index (χ2n) is 4.74. The molecule has 1 heterocycles. The molecule has 19 heavy (non-hydrogen) atoms. The molecule has 0 amide bonds. The van der Waals surface area contributed by atoms with Crippen LogP contribution in [0.1, 0.15) is 30.9 Å². The lowest BCUT2D eigenvalue weighted by atomic mass is 10.1. The van der Waals surface area contributed by atoms with Crippen molar-refractivity contribution in [3.05, 3.63) is 29.3 Å². The van der Waals surface area contributed by atoms with E-state index in [1.165, 1.54) is 0 Å². The number of hydrogen-bond acceptors (Lipinski definition) is 4. The van der Waals surface area contributed by atoms with E-state index in [1.807, 2.05) is 36.9 Å². The molecule has 0 aromatic heterocycles. The van der Waals surface area contributed by atoms with Gasteiger partial charge >= 0.3 is 5.97 Å². The second-order valence-corrected chi connectivity index (χ2v) is 4.74. The number of esters is 1. The maximum atomic E-state index is 11.9. The number of benzene rings is 1. The Bertz CT molecular complexity index is 519. The fourth-order valence-electron chi connectivity index (χ4n) is 2.53. The van der Waals surface area contributed by atoms with Gasteiger partial charge in [0.25, 0.3) is 0 Å². The van der Waals surface area contributed by atoms with Gasteiger partial charge in [-0.25, -0.2) is 4.79 Å². The molecule has 100 valence electrons. The minimum absolute atomic E-state index is 0.190. The molecule has 1 unspecified atom stereocenters. The molecule has 1 aromatic rings. The molecule has 0 spiro atoms. The molecular formula is C15H18N2O2. The van der Waals surface area contributed by atoms with Crippen LogP contribution in [0.5, 0.6) is 0 Å². The fourth-order valence-corrected chi connectivity index (χ4v) is 2.53. The summed E-state index contributed by atoms with van der Waals surface area (Å²) in [5, 5.41) is 9.24. The van der Waals surface area contributed by atoms with Crippen LogP contribution in [0.3, 0.4) is 0 Å². The van der Waals surface area contributed by atoms with Crippen molar-refractivity contribution in [2.45, 2.75) is 32.7 Å². The molecule has 0 bridgehead atoms. The van der Waals surface area contributed by atoms with Crippen molar-refractivity contribution < 1.29 is 9.53 Å². The smallest absolute Gasteiger partial charge is 0.328 e. The monoisotopic (exact) mass is 258 g/mol. The van der Waals surface area contributed by atoms with Gasteiger partial charge < -0.3 is 9.64 Å². The molecule has 0 radical (unpaired) electrons. The molecule has 1 aliphatic heterocycles. The van der Waals surface area contributed by atoms with Gasteiger partial charge in [-0.3, -0.25) is 0 Å². The number of aryl methyl sites for hydroxylation is 1. The van der Waals surface area contributed by atoms with E-state index in [4.69, 9.17) is 4.74 Å². The zero-order valence-electron chi connectivity index (χ0n) is 11.3. The highest BCUT2D eigenvalue weighted by Gasteiger charge is 2.33. The molecule has 0 saturated carbocycles. The molecular weight excluding hydrogens is 240 g/mol. The Morgan fingerprint density at radius 2 is 2.37 bits per heavy atom. The minimum Gasteiger partial charge on any atom is -0.464 e. The van der Waals surface area contributed by atoms with E-state index in [2.05, 4.69) is 6.07 Å². The van der Waals surface area contributed by atoms with Crippen LogP contribution in [0, 0.1) is 18.3 Å². The van der Waals surface area contributed by atoms with Gasteiger partial charge in [0.15, 0.2) is 0 Å². The second kappa shape index (κ2) is 5.75. The van der Waals surface area contributed by atoms with Crippen molar-refractivity contribution in [2.24, 2.45) is 0 Å². The number of anilines is 1. The summed E-state index contributed by atoms with van der Waals surface area (Å²) >= 11 is 0. The van der Waals surface area contributed by atoms with Crippen molar-refractivity contribution in [3.63, 3.8) is 0 Å². The van der Waals surface area contributed by atoms with Gasteiger partial charge in [0.1, 0.15) is 12.1 Å². The molecule has 1 aromatic carbocycles. The van der Waals surface area contributed by atoms with Gasteiger partial charge in [-0.15, -0.1) is 0 Å². The van der Waals surface area contributed by atoms with Crippen LogP contribution in [0.25, 0.3) is 0 Å². The minimum atomic E-state index is -0.255. The van der Waals surface area contributed by atoms with Gasteiger partial charge in [0.2, 0.25) is 0 Å². The van der Waals surface area contributed by atoms with Gasteiger partial charge in [-0.1, -0.05) is 6.07 Å². The van der Waals surface area contributed by atoms with Crippen LogP contribution < -0.4 is 4.90 Å². The summed E-state index contributed by atoms with van der Waals surface area (Å²) in [4.78, 5) is 13.9. The van der Waals surface area contributed by atoms with Gasteiger partial charge in [0, 0.05) is 6.54 Å². The number of rotatable bonds is 3. The van der Waals surface area contributed by atoms with Crippen molar-refractivity contribution in [3.8, 4) is 6.07 Å². The van der Waals surface area contributed by atoms with E-state index >= 15 is 0 Å². The highest BCUT2D eigenvalue weighted by Crippen LogP contribution is 2.29. The summed E-state index contributed by atoms with van der Waals surface area (Å²) in [5.74, 6) is -0.190. The Hall–Kier alpha value is -2.02. The van der Waals surface area contributed by atoms with E-state index in [0.717, 1.165) is 30.6 Å². The zero-order valence-corrected chi connectivity index (χ0v) is 11.3. The number of carbonyl (C=O) groups is 1. The average molecular weight is 258 g/mol. The molecule has 4 heteroatoms. The van der Waals surface area contributed by atoms with Gasteiger partial charge in [-0.05, 0) is 44.4 Å². The van der Waals surface area contributed by atoms with Crippen LogP contribution in [0.4, 0.5) is 5.69 Å². The maximum Gasteiger partial charge on any atom is 0.328 e. The third kappa shape index (κ3) is 2.70. The Labute approximate surface area is 113 Å². The molecule has 0 aliphatic carbocycles. The zero-order chi connectivity index (χ0) is 13.8. The van der Waals surface area contributed by atoms with Crippen LogP contribution in [0.15, 0.2) is 18.2 Å². The molecule has 0 N–H and O–H groups in total. The van der Waals surface area contributed by atoms with Gasteiger partial charge in [-0.2, -0.15) is 5.26 Å². The van der Waals surface area contributed by atoms with Crippen molar-refractivity contribution in [1.29, 1.82) is 5.26 Å². The SMILES string of the molecule is CCOC(=O)C1CCCN1c1ccc(C)cc1C#N. The Morgan fingerprint density at radius 1 is 1.58 bits per heavy atom. The van der Waals surface area contributed by atoms with Crippen molar-refractivity contribution in [1.82, 2.24) is 0 Å². The molecule has 2 rings (SSSR count). The number of nitrogens with zero attached hydrogens (tertiary/aromatic N) is 2. The summed E-state index contributed by atoms with van der Waals surface area (Å²) in [7, 11) is 0. The number of carbonyl (C=O) groups excluding carboxylic acids is 1. The summed E-state index contributed by atoms with van der Waals surface area (Å²) in [5.41, 5.74) is 2.51. The lowest BCUT2D eigenvalue weighted by Crippen LogP contribution is -2.37. The molecule has 1 saturated heterocycles. The quantitative estimate of drug-likeness (QED) is 0.781. The van der Waals surface area contributed by atoms with E-state index in [-0.39, 0.29) is 12.0 Å². The van der Waals surface area contributed by atoms with Crippen LogP contribution in [0.2, 0.25) is 0 Å².